The molecule has 0 aliphatic carbocycles. The van der Waals surface area contributed by atoms with E-state index in [9.17, 15) is 8.42 Å². The number of hydrogen-bond acceptors (Lipinski definition) is 5. The van der Waals surface area contributed by atoms with E-state index < -0.39 is 10.1 Å². The number of aryl methyl sites for hydroxylation is 1. The lowest BCUT2D eigenvalue weighted by molar-refractivity contribution is 0.415. The van der Waals surface area contributed by atoms with Gasteiger partial charge >= 0.3 is 0 Å². The highest BCUT2D eigenvalue weighted by Gasteiger charge is 2.07. The molecular formula is C23H31N5O4S. The molecule has 9 nitrogen and oxygen atoms in total. The van der Waals surface area contributed by atoms with Crippen LogP contribution in [0.25, 0.3) is 10.9 Å². The van der Waals surface area contributed by atoms with Crippen molar-refractivity contribution < 1.29 is 17.7 Å². The Morgan fingerprint density at radius 3 is 2.58 bits per heavy atom. The highest BCUT2D eigenvalue weighted by molar-refractivity contribution is 7.85. The van der Waals surface area contributed by atoms with Gasteiger partial charge in [-0.15, -0.1) is 0 Å². The molecule has 10 heteroatoms. The number of ether oxygens (including phenoxy) is 1. The average molecular weight is 474 g/mol. The van der Waals surface area contributed by atoms with Crippen LogP contribution >= 0.6 is 0 Å². The quantitative estimate of drug-likeness (QED) is 0.129. The summed E-state index contributed by atoms with van der Waals surface area (Å²) in [6.07, 6.45) is 6.99. The standard InChI is InChI=1S/C16H23N5O.C7H8O3S/c1-3-4-5-8-18-16(17)21-20-11-12-10-19-15-7-6-13(22-2)9-14(12)15;1-6-2-4-7(5-3-6)11(8,9)10/h6-7,9-11,19H,3-5,8H2,1-2H3,(H3,17,18,21);2-5H,1H3,(H,8,9,10)/b20-11+;. The molecule has 33 heavy (non-hydrogen) atoms. The smallest absolute Gasteiger partial charge is 0.294 e. The Balaban J connectivity index is 0.000000294. The number of unbranched alkanes of at least 4 members (excludes halogenated alkanes) is 2. The molecule has 0 atom stereocenters. The maximum absolute atomic E-state index is 10.5. The van der Waals surface area contributed by atoms with Crippen molar-refractivity contribution in [2.75, 3.05) is 13.7 Å². The lowest BCUT2D eigenvalue weighted by Crippen LogP contribution is -2.27. The van der Waals surface area contributed by atoms with E-state index in [1.54, 1.807) is 25.5 Å². The van der Waals surface area contributed by atoms with Crippen molar-refractivity contribution in [3.8, 4) is 5.75 Å². The number of H-pyrrole nitrogens is 1. The molecule has 178 valence electrons. The van der Waals surface area contributed by atoms with E-state index in [4.69, 9.17) is 15.0 Å². The molecule has 3 aromatic rings. The largest absolute Gasteiger partial charge is 0.497 e. The number of guanidine groups is 1. The van der Waals surface area contributed by atoms with E-state index in [2.05, 4.69) is 27.4 Å². The number of aliphatic imine (C=N–C) groups is 1. The molecule has 0 bridgehead atoms. The third-order valence-electron chi connectivity index (χ3n) is 4.67. The number of fused-ring (bicyclic) bond motifs is 1. The number of nitrogens with two attached hydrogens (primary N) is 1. The first kappa shape index (κ1) is 25.9. The molecule has 3 rings (SSSR count). The number of nitrogens with one attached hydrogen (secondary N) is 2. The molecule has 2 aromatic carbocycles. The molecule has 5 N–H and O–H groups in total. The summed E-state index contributed by atoms with van der Waals surface area (Å²) in [4.78, 5) is 7.34. The first-order valence-corrected chi connectivity index (χ1v) is 12.0. The van der Waals surface area contributed by atoms with Crippen molar-refractivity contribution >= 4 is 33.2 Å². The fourth-order valence-electron chi connectivity index (χ4n) is 2.83. The lowest BCUT2D eigenvalue weighted by atomic mass is 10.2. The third kappa shape index (κ3) is 8.59. The zero-order valence-electron chi connectivity index (χ0n) is 19.1. The summed E-state index contributed by atoms with van der Waals surface area (Å²) in [5.74, 6) is 1.15. The molecule has 0 saturated heterocycles. The highest BCUT2D eigenvalue weighted by atomic mass is 32.2. The van der Waals surface area contributed by atoms with Gasteiger partial charge in [0.25, 0.3) is 10.1 Å². The zero-order chi connectivity index (χ0) is 24.3. The SMILES string of the molecule is CCCCCN=C(N)N/N=C/c1c[nH]c2ccc(OC)cc12.Cc1ccc(S(=O)(=O)O)cc1. The summed E-state index contributed by atoms with van der Waals surface area (Å²) in [5.41, 5.74) is 11.4. The molecule has 0 aliphatic rings. The van der Waals surface area contributed by atoms with E-state index in [1.807, 2.05) is 31.3 Å². The zero-order valence-corrected chi connectivity index (χ0v) is 19.9. The van der Waals surface area contributed by atoms with Gasteiger partial charge in [0.2, 0.25) is 5.96 Å². The van der Waals surface area contributed by atoms with Crippen molar-refractivity contribution in [2.24, 2.45) is 15.8 Å². The number of hydrogen-bond donors (Lipinski definition) is 4. The van der Waals surface area contributed by atoms with Gasteiger partial charge in [0.05, 0.1) is 18.2 Å². The van der Waals surface area contributed by atoms with Gasteiger partial charge < -0.3 is 15.5 Å². The van der Waals surface area contributed by atoms with Gasteiger partial charge in [0, 0.05) is 29.2 Å². The van der Waals surface area contributed by atoms with Crippen LogP contribution in [0.2, 0.25) is 0 Å². The van der Waals surface area contributed by atoms with Gasteiger partial charge in [-0.25, -0.2) is 5.43 Å². The van der Waals surface area contributed by atoms with Crippen LogP contribution in [0.4, 0.5) is 0 Å². The average Bonchev–Trinajstić information content (AvgIpc) is 3.19. The Morgan fingerprint density at radius 1 is 1.21 bits per heavy atom. The van der Waals surface area contributed by atoms with Crippen LogP contribution in [0.15, 0.2) is 63.7 Å². The van der Waals surface area contributed by atoms with Gasteiger partial charge in [-0.2, -0.15) is 13.5 Å². The Kier molecular flexibility index (Phi) is 9.89. The molecule has 0 aliphatic heterocycles. The van der Waals surface area contributed by atoms with Crippen molar-refractivity contribution in [2.45, 2.75) is 38.0 Å². The molecular weight excluding hydrogens is 442 g/mol. The number of rotatable bonds is 8. The topological polar surface area (TPSA) is 142 Å². The monoisotopic (exact) mass is 473 g/mol. The summed E-state index contributed by atoms with van der Waals surface area (Å²) in [5, 5.41) is 5.17. The van der Waals surface area contributed by atoms with E-state index in [1.165, 1.54) is 18.6 Å². The number of methoxy groups -OCH3 is 1. The number of aromatic nitrogens is 1. The molecule has 0 saturated carbocycles. The number of nitrogens with zero attached hydrogens (tertiary/aromatic N) is 2. The number of aromatic amines is 1. The van der Waals surface area contributed by atoms with Crippen molar-refractivity contribution in [3.63, 3.8) is 0 Å². The van der Waals surface area contributed by atoms with Crippen LogP contribution < -0.4 is 15.9 Å². The second kappa shape index (κ2) is 12.6. The Morgan fingerprint density at radius 2 is 1.94 bits per heavy atom. The maximum atomic E-state index is 10.5. The van der Waals surface area contributed by atoms with Gasteiger partial charge in [-0.1, -0.05) is 37.5 Å². The van der Waals surface area contributed by atoms with E-state index >= 15 is 0 Å². The Labute approximate surface area is 194 Å². The van der Waals surface area contributed by atoms with Gasteiger partial charge in [0.15, 0.2) is 0 Å². The Hall–Kier alpha value is -3.37. The number of benzene rings is 2. The van der Waals surface area contributed by atoms with Crippen LogP contribution in [0.1, 0.15) is 37.3 Å². The molecule has 0 spiro atoms. The predicted octanol–water partition coefficient (Wildman–Crippen LogP) is 3.85. The van der Waals surface area contributed by atoms with Crippen LogP contribution in [-0.4, -0.2) is 43.8 Å². The predicted molar refractivity (Wildman–Crippen MR) is 133 cm³/mol. The summed E-state index contributed by atoms with van der Waals surface area (Å²) in [6, 6.07) is 11.8. The minimum atomic E-state index is -4.02. The Bertz CT molecular complexity index is 1190. The van der Waals surface area contributed by atoms with Crippen molar-refractivity contribution in [1.29, 1.82) is 0 Å². The first-order chi connectivity index (χ1) is 15.7. The summed E-state index contributed by atoms with van der Waals surface area (Å²) >= 11 is 0. The molecule has 0 fully saturated rings. The molecule has 0 amide bonds. The lowest BCUT2D eigenvalue weighted by Gasteiger charge is -2.00. The van der Waals surface area contributed by atoms with E-state index in [-0.39, 0.29) is 4.90 Å². The fourth-order valence-corrected chi connectivity index (χ4v) is 3.31. The minimum absolute atomic E-state index is 0.0666. The van der Waals surface area contributed by atoms with Gasteiger partial charge in [0.1, 0.15) is 5.75 Å². The summed E-state index contributed by atoms with van der Waals surface area (Å²) in [7, 11) is -2.37. The van der Waals surface area contributed by atoms with E-state index in [0.717, 1.165) is 47.2 Å². The first-order valence-electron chi connectivity index (χ1n) is 10.5. The molecule has 0 radical (unpaired) electrons. The summed E-state index contributed by atoms with van der Waals surface area (Å²) < 4.78 is 34.8. The second-order valence-corrected chi connectivity index (χ2v) is 8.71. The molecule has 0 unspecified atom stereocenters. The van der Waals surface area contributed by atoms with Crippen LogP contribution in [0.5, 0.6) is 5.75 Å². The summed E-state index contributed by atoms with van der Waals surface area (Å²) in [6.45, 7) is 4.73. The highest BCUT2D eigenvalue weighted by Crippen LogP contribution is 2.22. The minimum Gasteiger partial charge on any atom is -0.497 e. The van der Waals surface area contributed by atoms with E-state index in [0.29, 0.717) is 5.96 Å². The second-order valence-electron chi connectivity index (χ2n) is 7.29. The van der Waals surface area contributed by atoms with Crippen LogP contribution in [0.3, 0.4) is 0 Å². The normalized spacial score (nSPS) is 11.9. The van der Waals surface area contributed by atoms with Crippen molar-refractivity contribution in [1.82, 2.24) is 10.4 Å². The van der Waals surface area contributed by atoms with Crippen LogP contribution in [-0.2, 0) is 10.1 Å². The van der Waals surface area contributed by atoms with Gasteiger partial charge in [-0.05, 0) is 43.7 Å². The number of hydrazone groups is 1. The van der Waals surface area contributed by atoms with Crippen LogP contribution in [0, 0.1) is 6.92 Å². The molecule has 1 aromatic heterocycles. The fraction of sp³-hybridized carbons (Fsp3) is 0.304. The third-order valence-corrected chi connectivity index (χ3v) is 5.53. The molecule has 1 heterocycles. The van der Waals surface area contributed by atoms with Gasteiger partial charge in [-0.3, -0.25) is 9.55 Å². The van der Waals surface area contributed by atoms with Crippen molar-refractivity contribution in [3.05, 3.63) is 59.8 Å². The maximum Gasteiger partial charge on any atom is 0.294 e.